The zero-order valence-electron chi connectivity index (χ0n) is 23.5. The van der Waals surface area contributed by atoms with Crippen molar-refractivity contribution in [1.82, 2.24) is 19.8 Å². The predicted molar refractivity (Wildman–Crippen MR) is 163 cm³/mol. The third kappa shape index (κ3) is 5.58. The van der Waals surface area contributed by atoms with Gasteiger partial charge in [0.1, 0.15) is 0 Å². The molecule has 0 bridgehead atoms. The van der Waals surface area contributed by atoms with E-state index in [4.69, 9.17) is 17.0 Å². The van der Waals surface area contributed by atoms with Gasteiger partial charge in [-0.25, -0.2) is 4.79 Å². The lowest BCUT2D eigenvalue weighted by atomic mass is 9.96. The Bertz CT molecular complexity index is 1600. The maximum Gasteiger partial charge on any atom is 0.339 e. The molecule has 210 valence electrons. The summed E-state index contributed by atoms with van der Waals surface area (Å²) >= 11 is 5.83. The topological polar surface area (TPSA) is 88.5 Å². The number of benzene rings is 2. The first-order chi connectivity index (χ1) is 19.8. The monoisotopic (exact) mass is 567 g/mol. The quantitative estimate of drug-likeness (QED) is 0.212. The molecule has 9 heteroatoms. The van der Waals surface area contributed by atoms with Crippen LogP contribution in [0.3, 0.4) is 0 Å². The van der Waals surface area contributed by atoms with E-state index >= 15 is 0 Å². The first-order valence-corrected chi connectivity index (χ1v) is 13.9. The molecule has 0 radical (unpaired) electrons. The van der Waals surface area contributed by atoms with Crippen LogP contribution in [0.5, 0.6) is 0 Å². The fourth-order valence-electron chi connectivity index (χ4n) is 5.54. The minimum absolute atomic E-state index is 0.0837. The second kappa shape index (κ2) is 11.9. The summed E-state index contributed by atoms with van der Waals surface area (Å²) in [5.41, 5.74) is 6.84. The minimum atomic E-state index is -0.397. The summed E-state index contributed by atoms with van der Waals surface area (Å²) in [7, 11) is 1.38. The molecule has 0 saturated carbocycles. The van der Waals surface area contributed by atoms with Crippen molar-refractivity contribution in [1.29, 1.82) is 0 Å². The van der Waals surface area contributed by atoms with E-state index in [2.05, 4.69) is 31.2 Å². The average molecular weight is 568 g/mol. The molecule has 0 spiro atoms. The summed E-state index contributed by atoms with van der Waals surface area (Å²) in [5, 5.41) is 7.06. The maximum atomic E-state index is 13.0. The van der Waals surface area contributed by atoms with Crippen LogP contribution in [0.1, 0.15) is 57.1 Å². The van der Waals surface area contributed by atoms with Gasteiger partial charge < -0.3 is 24.8 Å². The van der Waals surface area contributed by atoms with Crippen LogP contribution in [0.4, 0.5) is 5.69 Å². The Kier molecular flexibility index (Phi) is 8.16. The van der Waals surface area contributed by atoms with Crippen molar-refractivity contribution in [2.75, 3.05) is 19.0 Å². The van der Waals surface area contributed by atoms with Gasteiger partial charge in [0.05, 0.1) is 36.1 Å². The van der Waals surface area contributed by atoms with E-state index in [1.54, 1.807) is 12.3 Å². The number of nitrogens with one attached hydrogen (secondary N) is 2. The van der Waals surface area contributed by atoms with Gasteiger partial charge in [0.15, 0.2) is 5.11 Å². The number of methoxy groups -OCH3 is 1. The molecule has 1 saturated heterocycles. The first-order valence-electron chi connectivity index (χ1n) is 13.5. The largest absolute Gasteiger partial charge is 0.465 e. The molecule has 1 aliphatic rings. The van der Waals surface area contributed by atoms with Crippen molar-refractivity contribution in [2.24, 2.45) is 0 Å². The fraction of sp³-hybridized carbons (Fsp3) is 0.250. The molecule has 1 amide bonds. The summed E-state index contributed by atoms with van der Waals surface area (Å²) in [6, 6.07) is 22.6. The van der Waals surface area contributed by atoms with Crippen LogP contribution in [-0.2, 0) is 9.53 Å². The fourth-order valence-corrected chi connectivity index (χ4v) is 5.87. The molecule has 0 aliphatic carbocycles. The van der Waals surface area contributed by atoms with Crippen molar-refractivity contribution in [2.45, 2.75) is 39.3 Å². The smallest absolute Gasteiger partial charge is 0.339 e. The van der Waals surface area contributed by atoms with Crippen molar-refractivity contribution in [3.05, 3.63) is 113 Å². The molecule has 41 heavy (non-hydrogen) atoms. The molecule has 5 rings (SSSR count). The molecule has 2 N–H and O–H groups in total. The number of rotatable bonds is 8. The van der Waals surface area contributed by atoms with Crippen LogP contribution < -0.4 is 10.6 Å². The SMILES string of the molecule is COC(=O)c1ccccc1-n1c(C)cc(C2C(c3ccccn3)NC(=S)N2CCC(=O)Nc2ccccc2C)c1C. The van der Waals surface area contributed by atoms with Crippen molar-refractivity contribution < 1.29 is 14.3 Å². The van der Waals surface area contributed by atoms with E-state index in [-0.39, 0.29) is 24.4 Å². The number of hydrogen-bond donors (Lipinski definition) is 2. The molecule has 2 atom stereocenters. The number of anilines is 1. The summed E-state index contributed by atoms with van der Waals surface area (Å²) in [6.45, 7) is 6.44. The highest BCUT2D eigenvalue weighted by Crippen LogP contribution is 2.41. The van der Waals surface area contributed by atoms with Crippen molar-refractivity contribution in [3.63, 3.8) is 0 Å². The summed E-state index contributed by atoms with van der Waals surface area (Å²) in [5.74, 6) is -0.481. The van der Waals surface area contributed by atoms with E-state index in [0.717, 1.165) is 39.6 Å². The highest BCUT2D eigenvalue weighted by atomic mass is 32.1. The van der Waals surface area contributed by atoms with E-state index in [9.17, 15) is 9.59 Å². The van der Waals surface area contributed by atoms with Crippen LogP contribution in [0.25, 0.3) is 5.69 Å². The number of hydrogen-bond acceptors (Lipinski definition) is 5. The Labute approximate surface area is 245 Å². The van der Waals surface area contributed by atoms with Crippen LogP contribution in [0.2, 0.25) is 0 Å². The lowest BCUT2D eigenvalue weighted by Crippen LogP contribution is -2.33. The lowest BCUT2D eigenvalue weighted by Gasteiger charge is -2.28. The Morgan fingerprint density at radius 1 is 1.02 bits per heavy atom. The Hall–Kier alpha value is -4.50. The van der Waals surface area contributed by atoms with Crippen LogP contribution in [0.15, 0.2) is 79.0 Å². The number of carbonyl (C=O) groups excluding carboxylic acids is 2. The Morgan fingerprint density at radius 3 is 2.49 bits per heavy atom. The van der Waals surface area contributed by atoms with Crippen LogP contribution in [-0.4, -0.2) is 45.1 Å². The molecule has 3 heterocycles. The van der Waals surface area contributed by atoms with Gasteiger partial charge in [0.25, 0.3) is 0 Å². The second-order valence-corrected chi connectivity index (χ2v) is 10.5. The number of carbonyl (C=O) groups is 2. The standard InChI is InChI=1S/C32H33N5O3S/c1-20-11-5-7-13-25(20)34-28(38)16-18-36-30(29(35-32(36)41)26-14-9-10-17-33-26)24-19-21(2)37(22(24)3)27-15-8-6-12-23(27)31(39)40-4/h5-15,17,19,29-30H,16,18H2,1-4H3,(H,34,38)(H,35,41). The maximum absolute atomic E-state index is 13.0. The number of esters is 1. The zero-order chi connectivity index (χ0) is 29.1. The molecule has 1 fully saturated rings. The van der Waals surface area contributed by atoms with E-state index in [1.165, 1.54) is 7.11 Å². The number of amides is 1. The third-order valence-electron chi connectivity index (χ3n) is 7.54. The normalized spacial score (nSPS) is 16.4. The number of thiocarbonyl (C=S) groups is 1. The van der Waals surface area contributed by atoms with Gasteiger partial charge in [-0.3, -0.25) is 9.78 Å². The molecule has 2 aromatic carbocycles. The number of ether oxygens (including phenoxy) is 1. The number of pyridine rings is 1. The molecule has 8 nitrogen and oxygen atoms in total. The number of aryl methyl sites for hydroxylation is 2. The Balaban J connectivity index is 1.51. The van der Waals surface area contributed by atoms with E-state index < -0.39 is 5.97 Å². The molecular formula is C32H33N5O3S. The van der Waals surface area contributed by atoms with Crippen molar-refractivity contribution in [3.8, 4) is 5.69 Å². The Morgan fingerprint density at radius 2 is 1.76 bits per heavy atom. The second-order valence-electron chi connectivity index (χ2n) is 10.1. The van der Waals surface area contributed by atoms with E-state index in [0.29, 0.717) is 17.2 Å². The lowest BCUT2D eigenvalue weighted by molar-refractivity contribution is -0.116. The summed E-state index contributed by atoms with van der Waals surface area (Å²) in [6.07, 6.45) is 2.02. The number of nitrogens with zero attached hydrogens (tertiary/aromatic N) is 3. The summed E-state index contributed by atoms with van der Waals surface area (Å²) < 4.78 is 7.13. The highest BCUT2D eigenvalue weighted by Gasteiger charge is 2.41. The molecule has 2 unspecified atom stereocenters. The number of aromatic nitrogens is 2. The minimum Gasteiger partial charge on any atom is -0.465 e. The highest BCUT2D eigenvalue weighted by molar-refractivity contribution is 7.80. The number of para-hydroxylation sites is 2. The molecular weight excluding hydrogens is 534 g/mol. The third-order valence-corrected chi connectivity index (χ3v) is 7.89. The van der Waals surface area contributed by atoms with Gasteiger partial charge in [0.2, 0.25) is 5.91 Å². The summed E-state index contributed by atoms with van der Waals surface area (Å²) in [4.78, 5) is 32.3. The average Bonchev–Trinajstić information content (AvgIpc) is 3.47. The van der Waals surface area contributed by atoms with Gasteiger partial charge in [0, 0.05) is 36.2 Å². The molecule has 4 aromatic rings. The van der Waals surface area contributed by atoms with Crippen LogP contribution >= 0.6 is 12.2 Å². The van der Waals surface area contributed by atoms with E-state index in [1.807, 2.05) is 81.4 Å². The van der Waals surface area contributed by atoms with Gasteiger partial charge in [-0.15, -0.1) is 0 Å². The van der Waals surface area contributed by atoms with Gasteiger partial charge in [-0.05, 0) is 80.5 Å². The molecule has 1 aliphatic heterocycles. The van der Waals surface area contributed by atoms with Crippen molar-refractivity contribution >= 4 is 34.9 Å². The predicted octanol–water partition coefficient (Wildman–Crippen LogP) is 5.59. The van der Waals surface area contributed by atoms with Gasteiger partial charge in [-0.2, -0.15) is 0 Å². The zero-order valence-corrected chi connectivity index (χ0v) is 24.4. The van der Waals surface area contributed by atoms with Gasteiger partial charge in [-0.1, -0.05) is 36.4 Å². The van der Waals surface area contributed by atoms with Crippen LogP contribution in [0, 0.1) is 20.8 Å². The first kappa shape index (κ1) is 28.0. The molecule has 2 aromatic heterocycles. The van der Waals surface area contributed by atoms with Gasteiger partial charge >= 0.3 is 5.97 Å².